The lowest BCUT2D eigenvalue weighted by molar-refractivity contribution is 0.297. The minimum Gasteiger partial charge on any atom is -0.489 e. The van der Waals surface area contributed by atoms with Crippen LogP contribution in [0.5, 0.6) is 11.5 Å². The van der Waals surface area contributed by atoms with Crippen molar-refractivity contribution in [1.29, 1.82) is 0 Å². The molecule has 0 N–H and O–H groups in total. The van der Waals surface area contributed by atoms with Crippen molar-refractivity contribution in [3.05, 3.63) is 57.3 Å². The Morgan fingerprint density at radius 3 is 2.92 bits per heavy atom. The van der Waals surface area contributed by atoms with Gasteiger partial charge in [0.05, 0.1) is 30.2 Å². The van der Waals surface area contributed by atoms with Crippen molar-refractivity contribution in [3.8, 4) is 11.5 Å². The van der Waals surface area contributed by atoms with Gasteiger partial charge in [-0.3, -0.25) is 4.79 Å². The molecule has 0 amide bonds. The molecule has 24 heavy (non-hydrogen) atoms. The molecule has 0 bridgehead atoms. The third-order valence-corrected chi connectivity index (χ3v) is 4.10. The van der Waals surface area contributed by atoms with Gasteiger partial charge in [0.15, 0.2) is 11.5 Å². The second-order valence-electron chi connectivity index (χ2n) is 5.52. The van der Waals surface area contributed by atoms with E-state index in [2.05, 4.69) is 10.3 Å². The number of fused-ring (bicyclic) bond motifs is 2. The van der Waals surface area contributed by atoms with Crippen LogP contribution in [-0.2, 0) is 6.54 Å². The average molecular weight is 344 g/mol. The van der Waals surface area contributed by atoms with Crippen molar-refractivity contribution in [1.82, 2.24) is 15.0 Å². The first-order chi connectivity index (χ1) is 11.7. The lowest BCUT2D eigenvalue weighted by Gasteiger charge is -2.12. The Hall–Kier alpha value is -2.60. The van der Waals surface area contributed by atoms with E-state index in [0.29, 0.717) is 40.6 Å². The fraction of sp³-hybridized carbons (Fsp3) is 0.235. The maximum Gasteiger partial charge on any atom is 0.277 e. The topological polar surface area (TPSA) is 66.2 Å². The number of nitrogens with zero attached hydrogens (tertiary/aromatic N) is 3. The Labute approximate surface area is 142 Å². The molecule has 6 nitrogen and oxygen atoms in total. The Kier molecular flexibility index (Phi) is 3.82. The van der Waals surface area contributed by atoms with E-state index < -0.39 is 0 Å². The Morgan fingerprint density at radius 2 is 2.00 bits per heavy atom. The van der Waals surface area contributed by atoms with Gasteiger partial charge < -0.3 is 9.47 Å². The monoisotopic (exact) mass is 343 g/mol. The highest BCUT2D eigenvalue weighted by Gasteiger charge is 2.16. The minimum absolute atomic E-state index is 0.191. The zero-order valence-corrected chi connectivity index (χ0v) is 13.5. The molecule has 0 radical (unpaired) electrons. The number of rotatable bonds is 2. The van der Waals surface area contributed by atoms with Gasteiger partial charge in [-0.1, -0.05) is 28.9 Å². The van der Waals surface area contributed by atoms with Crippen LogP contribution in [0.4, 0.5) is 0 Å². The molecule has 2 aromatic carbocycles. The third kappa shape index (κ3) is 2.69. The van der Waals surface area contributed by atoms with Crippen LogP contribution in [-0.4, -0.2) is 28.2 Å². The first kappa shape index (κ1) is 15.0. The predicted molar refractivity (Wildman–Crippen MR) is 90.0 cm³/mol. The zero-order chi connectivity index (χ0) is 16.5. The van der Waals surface area contributed by atoms with E-state index in [1.165, 1.54) is 4.68 Å². The van der Waals surface area contributed by atoms with Gasteiger partial charge in [0.1, 0.15) is 5.52 Å². The number of benzene rings is 2. The van der Waals surface area contributed by atoms with Crippen molar-refractivity contribution >= 4 is 22.5 Å². The SMILES string of the molecule is O=c1c2ccccc2nnn1Cc1cc(Cl)c2c(c1)OCCCO2. The van der Waals surface area contributed by atoms with E-state index in [0.717, 1.165) is 12.0 Å². The van der Waals surface area contributed by atoms with E-state index in [1.807, 2.05) is 12.1 Å². The van der Waals surface area contributed by atoms with Crippen LogP contribution < -0.4 is 15.0 Å². The lowest BCUT2D eigenvalue weighted by atomic mass is 10.2. The summed E-state index contributed by atoms with van der Waals surface area (Å²) in [6.07, 6.45) is 0.802. The van der Waals surface area contributed by atoms with Gasteiger partial charge in [-0.05, 0) is 29.8 Å². The predicted octanol–water partition coefficient (Wildman–Crippen LogP) is 2.65. The highest BCUT2D eigenvalue weighted by molar-refractivity contribution is 6.32. The molecule has 0 spiro atoms. The summed E-state index contributed by atoms with van der Waals surface area (Å²) in [5.41, 5.74) is 1.19. The minimum atomic E-state index is -0.191. The van der Waals surface area contributed by atoms with Crippen LogP contribution in [0.1, 0.15) is 12.0 Å². The lowest BCUT2D eigenvalue weighted by Crippen LogP contribution is -2.24. The third-order valence-electron chi connectivity index (χ3n) is 3.82. The van der Waals surface area contributed by atoms with Gasteiger partial charge in [0.2, 0.25) is 0 Å². The molecule has 1 aromatic heterocycles. The van der Waals surface area contributed by atoms with Gasteiger partial charge >= 0.3 is 0 Å². The molecule has 0 aliphatic carbocycles. The number of ether oxygens (including phenoxy) is 2. The highest BCUT2D eigenvalue weighted by atomic mass is 35.5. The molecule has 7 heteroatoms. The number of aromatic nitrogens is 3. The standard InChI is InChI=1S/C17H14ClN3O3/c18-13-8-11(9-15-16(13)24-7-3-6-23-15)10-21-17(22)12-4-1-2-5-14(12)19-20-21/h1-2,4-5,8-9H,3,6-7,10H2. The molecule has 0 atom stereocenters. The Morgan fingerprint density at radius 1 is 1.17 bits per heavy atom. The number of halogens is 1. The van der Waals surface area contributed by atoms with Crippen molar-refractivity contribution in [2.45, 2.75) is 13.0 Å². The summed E-state index contributed by atoms with van der Waals surface area (Å²) >= 11 is 6.29. The van der Waals surface area contributed by atoms with Gasteiger partial charge in [0.25, 0.3) is 5.56 Å². The van der Waals surface area contributed by atoms with Crippen molar-refractivity contribution < 1.29 is 9.47 Å². The number of hydrogen-bond acceptors (Lipinski definition) is 5. The molecule has 0 unspecified atom stereocenters. The van der Waals surface area contributed by atoms with Crippen molar-refractivity contribution in [3.63, 3.8) is 0 Å². The van der Waals surface area contributed by atoms with E-state index in [9.17, 15) is 4.79 Å². The Balaban J connectivity index is 1.73. The van der Waals surface area contributed by atoms with Crippen LogP contribution in [0, 0.1) is 0 Å². The molecule has 0 saturated carbocycles. The fourth-order valence-electron chi connectivity index (χ4n) is 2.68. The summed E-state index contributed by atoms with van der Waals surface area (Å²) in [6.45, 7) is 1.40. The first-order valence-corrected chi connectivity index (χ1v) is 8.01. The quantitative estimate of drug-likeness (QED) is 0.715. The second kappa shape index (κ2) is 6.13. The van der Waals surface area contributed by atoms with E-state index >= 15 is 0 Å². The van der Waals surface area contributed by atoms with Gasteiger partial charge in [-0.15, -0.1) is 5.10 Å². The molecule has 0 fully saturated rings. The van der Waals surface area contributed by atoms with Gasteiger partial charge in [-0.25, -0.2) is 4.68 Å². The first-order valence-electron chi connectivity index (χ1n) is 7.63. The van der Waals surface area contributed by atoms with Crippen LogP contribution in [0.3, 0.4) is 0 Å². The summed E-state index contributed by atoms with van der Waals surface area (Å²) in [4.78, 5) is 12.5. The largest absolute Gasteiger partial charge is 0.489 e. The molecule has 4 rings (SSSR count). The van der Waals surface area contributed by atoms with Gasteiger partial charge in [0, 0.05) is 6.42 Å². The highest BCUT2D eigenvalue weighted by Crippen LogP contribution is 2.38. The normalized spacial score (nSPS) is 13.7. The van der Waals surface area contributed by atoms with E-state index in [4.69, 9.17) is 21.1 Å². The summed E-state index contributed by atoms with van der Waals surface area (Å²) < 4.78 is 12.6. The van der Waals surface area contributed by atoms with Crippen LogP contribution in [0.25, 0.3) is 10.9 Å². The molecule has 1 aliphatic rings. The maximum atomic E-state index is 12.5. The molecule has 0 saturated heterocycles. The van der Waals surface area contributed by atoms with Crippen molar-refractivity contribution in [2.24, 2.45) is 0 Å². The molecule has 122 valence electrons. The smallest absolute Gasteiger partial charge is 0.277 e. The maximum absolute atomic E-state index is 12.5. The molecule has 3 aromatic rings. The van der Waals surface area contributed by atoms with Crippen LogP contribution in [0.2, 0.25) is 5.02 Å². The summed E-state index contributed by atoms with van der Waals surface area (Å²) in [7, 11) is 0. The molecular weight excluding hydrogens is 330 g/mol. The molecule has 1 aliphatic heterocycles. The average Bonchev–Trinajstić information content (AvgIpc) is 2.83. The van der Waals surface area contributed by atoms with Crippen molar-refractivity contribution in [2.75, 3.05) is 13.2 Å². The van der Waals surface area contributed by atoms with E-state index in [-0.39, 0.29) is 12.1 Å². The second-order valence-corrected chi connectivity index (χ2v) is 5.93. The summed E-state index contributed by atoms with van der Waals surface area (Å²) in [6, 6.07) is 10.7. The summed E-state index contributed by atoms with van der Waals surface area (Å²) in [5, 5.41) is 9.09. The molecule has 2 heterocycles. The Bertz CT molecular complexity index is 971. The zero-order valence-electron chi connectivity index (χ0n) is 12.7. The number of hydrogen-bond donors (Lipinski definition) is 0. The van der Waals surface area contributed by atoms with Crippen LogP contribution >= 0.6 is 11.6 Å². The summed E-state index contributed by atoms with van der Waals surface area (Å²) in [5.74, 6) is 1.15. The van der Waals surface area contributed by atoms with E-state index in [1.54, 1.807) is 24.3 Å². The molecular formula is C17H14ClN3O3. The fourth-order valence-corrected chi connectivity index (χ4v) is 2.96. The van der Waals surface area contributed by atoms with Crippen LogP contribution in [0.15, 0.2) is 41.2 Å². The van der Waals surface area contributed by atoms with Gasteiger partial charge in [-0.2, -0.15) is 0 Å².